The molecule has 1 rings (SSSR count). The van der Waals surface area contributed by atoms with E-state index in [1.165, 1.54) is 16.7 Å². The first-order valence-electron chi connectivity index (χ1n) is 4.71. The first kappa shape index (κ1) is 9.97. The van der Waals surface area contributed by atoms with Gasteiger partial charge in [-0.2, -0.15) is 0 Å². The zero-order valence-corrected chi connectivity index (χ0v) is 8.55. The zero-order valence-electron chi connectivity index (χ0n) is 8.55. The van der Waals surface area contributed by atoms with Gasteiger partial charge in [0.2, 0.25) is 0 Å². The van der Waals surface area contributed by atoms with E-state index in [0.29, 0.717) is 18.6 Å². The van der Waals surface area contributed by atoms with E-state index < -0.39 is 0 Å². The molecule has 0 atom stereocenters. The monoisotopic (exact) mass is 176 g/mol. The van der Waals surface area contributed by atoms with Crippen molar-refractivity contribution in [1.82, 2.24) is 0 Å². The second kappa shape index (κ2) is 4.22. The molecule has 13 heavy (non-hydrogen) atoms. The molecule has 0 unspecified atom stereocenters. The summed E-state index contributed by atoms with van der Waals surface area (Å²) in [6.07, 6.45) is 1.22. The topological polar surface area (TPSA) is 17.1 Å². The molecule has 0 aliphatic heterocycles. The molecule has 0 saturated carbocycles. The van der Waals surface area contributed by atoms with Crippen LogP contribution in [0.2, 0.25) is 0 Å². The van der Waals surface area contributed by atoms with Crippen molar-refractivity contribution in [2.45, 2.75) is 33.6 Å². The van der Waals surface area contributed by atoms with Crippen molar-refractivity contribution in [1.29, 1.82) is 0 Å². The fraction of sp³-hybridized carbons (Fsp3) is 0.417. The molecule has 0 aliphatic rings. The highest BCUT2D eigenvalue weighted by atomic mass is 16.1. The molecule has 0 spiro atoms. The van der Waals surface area contributed by atoms with Crippen molar-refractivity contribution in [3.63, 3.8) is 0 Å². The summed E-state index contributed by atoms with van der Waals surface area (Å²) in [5.74, 6) is 0.314. The van der Waals surface area contributed by atoms with Gasteiger partial charge in [0.05, 0.1) is 0 Å². The van der Waals surface area contributed by atoms with Crippen molar-refractivity contribution in [3.05, 3.63) is 34.9 Å². The molecule has 0 amide bonds. The van der Waals surface area contributed by atoms with E-state index >= 15 is 0 Å². The number of Topliss-reactive ketones (excluding diaryl/α,β-unsaturated/α-hetero) is 1. The van der Waals surface area contributed by atoms with E-state index in [-0.39, 0.29) is 0 Å². The van der Waals surface area contributed by atoms with Crippen LogP contribution >= 0.6 is 0 Å². The van der Waals surface area contributed by atoms with Gasteiger partial charge in [-0.1, -0.05) is 30.7 Å². The molecule has 0 heterocycles. The average Bonchev–Trinajstić information content (AvgIpc) is 2.11. The minimum atomic E-state index is 0.314. The van der Waals surface area contributed by atoms with Crippen LogP contribution in [0.1, 0.15) is 30.0 Å². The van der Waals surface area contributed by atoms with Gasteiger partial charge >= 0.3 is 0 Å². The second-order valence-corrected chi connectivity index (χ2v) is 3.50. The number of aryl methyl sites for hydroxylation is 2. The van der Waals surface area contributed by atoms with Gasteiger partial charge < -0.3 is 0 Å². The number of ketones is 1. The summed E-state index contributed by atoms with van der Waals surface area (Å²) in [7, 11) is 0. The van der Waals surface area contributed by atoms with Crippen LogP contribution in [0.4, 0.5) is 0 Å². The molecule has 0 fully saturated rings. The molecule has 1 heteroatoms. The lowest BCUT2D eigenvalue weighted by Gasteiger charge is -2.05. The molecule has 1 aromatic carbocycles. The van der Waals surface area contributed by atoms with E-state index in [9.17, 15) is 4.79 Å². The van der Waals surface area contributed by atoms with Crippen molar-refractivity contribution in [3.8, 4) is 0 Å². The molecule has 0 saturated heterocycles. The third kappa shape index (κ3) is 2.69. The lowest BCUT2D eigenvalue weighted by Crippen LogP contribution is -2.02. The van der Waals surface area contributed by atoms with Crippen LogP contribution in [0, 0.1) is 13.8 Å². The van der Waals surface area contributed by atoms with Gasteiger partial charge in [0.25, 0.3) is 0 Å². The Labute approximate surface area is 79.8 Å². The Bertz CT molecular complexity index is 313. The summed E-state index contributed by atoms with van der Waals surface area (Å²) in [5, 5.41) is 0. The van der Waals surface area contributed by atoms with Gasteiger partial charge in [-0.15, -0.1) is 0 Å². The number of rotatable bonds is 3. The smallest absolute Gasteiger partial charge is 0.137 e. The van der Waals surface area contributed by atoms with Crippen LogP contribution in [0.5, 0.6) is 0 Å². The number of benzene rings is 1. The van der Waals surface area contributed by atoms with Crippen LogP contribution in [0.25, 0.3) is 0 Å². The summed E-state index contributed by atoms with van der Waals surface area (Å²) >= 11 is 0. The van der Waals surface area contributed by atoms with Crippen LogP contribution in [-0.4, -0.2) is 5.78 Å². The van der Waals surface area contributed by atoms with E-state index in [1.807, 2.05) is 6.92 Å². The largest absolute Gasteiger partial charge is 0.299 e. The van der Waals surface area contributed by atoms with Gasteiger partial charge in [0.15, 0.2) is 0 Å². The maximum atomic E-state index is 11.2. The van der Waals surface area contributed by atoms with Crippen molar-refractivity contribution >= 4 is 5.78 Å². The predicted molar refractivity (Wildman–Crippen MR) is 54.9 cm³/mol. The molecular weight excluding hydrogens is 160 g/mol. The van der Waals surface area contributed by atoms with Crippen molar-refractivity contribution in [2.75, 3.05) is 0 Å². The third-order valence-electron chi connectivity index (χ3n) is 2.29. The normalized spacial score (nSPS) is 10.1. The van der Waals surface area contributed by atoms with E-state index in [1.54, 1.807) is 0 Å². The lowest BCUT2D eigenvalue weighted by atomic mass is 10.0. The highest BCUT2D eigenvalue weighted by Gasteiger charge is 2.03. The van der Waals surface area contributed by atoms with Crippen LogP contribution in [0.3, 0.4) is 0 Å². The van der Waals surface area contributed by atoms with Crippen LogP contribution < -0.4 is 0 Å². The molecule has 70 valence electrons. The van der Waals surface area contributed by atoms with Gasteiger partial charge in [0, 0.05) is 12.8 Å². The quantitative estimate of drug-likeness (QED) is 0.692. The van der Waals surface area contributed by atoms with Gasteiger partial charge in [-0.25, -0.2) is 0 Å². The summed E-state index contributed by atoms with van der Waals surface area (Å²) in [6.45, 7) is 6.02. The van der Waals surface area contributed by atoms with Gasteiger partial charge in [-0.3, -0.25) is 4.79 Å². The predicted octanol–water partition coefficient (Wildman–Crippen LogP) is 2.83. The molecule has 0 N–H and O–H groups in total. The summed E-state index contributed by atoms with van der Waals surface area (Å²) < 4.78 is 0. The Hall–Kier alpha value is -1.11. The van der Waals surface area contributed by atoms with Crippen LogP contribution in [-0.2, 0) is 11.2 Å². The molecule has 1 aromatic rings. The average molecular weight is 176 g/mol. The van der Waals surface area contributed by atoms with E-state index in [4.69, 9.17) is 0 Å². The summed E-state index contributed by atoms with van der Waals surface area (Å²) in [6, 6.07) is 6.26. The SMILES string of the molecule is CCC(=O)Cc1cc(C)ccc1C. The summed E-state index contributed by atoms with van der Waals surface area (Å²) in [5.41, 5.74) is 3.61. The van der Waals surface area contributed by atoms with Crippen LogP contribution in [0.15, 0.2) is 18.2 Å². The maximum Gasteiger partial charge on any atom is 0.137 e. The zero-order chi connectivity index (χ0) is 9.84. The minimum absolute atomic E-state index is 0.314. The van der Waals surface area contributed by atoms with Crippen molar-refractivity contribution < 1.29 is 4.79 Å². The Kier molecular flexibility index (Phi) is 3.24. The fourth-order valence-electron chi connectivity index (χ4n) is 1.33. The Morgan fingerprint density at radius 3 is 2.62 bits per heavy atom. The molecule has 1 nitrogen and oxygen atoms in total. The number of carbonyl (C=O) groups excluding carboxylic acids is 1. The standard InChI is InChI=1S/C12H16O/c1-4-12(13)8-11-7-9(2)5-6-10(11)3/h5-7H,4,8H2,1-3H3. The summed E-state index contributed by atoms with van der Waals surface area (Å²) in [4.78, 5) is 11.2. The third-order valence-corrected chi connectivity index (χ3v) is 2.29. The Balaban J connectivity index is 2.87. The highest BCUT2D eigenvalue weighted by molar-refractivity contribution is 5.80. The maximum absolute atomic E-state index is 11.2. The minimum Gasteiger partial charge on any atom is -0.299 e. The first-order chi connectivity index (χ1) is 6.13. The number of hydrogen-bond donors (Lipinski definition) is 0. The first-order valence-corrected chi connectivity index (χ1v) is 4.71. The van der Waals surface area contributed by atoms with Gasteiger partial charge in [0.1, 0.15) is 5.78 Å². The molecule has 0 aliphatic carbocycles. The Morgan fingerprint density at radius 2 is 2.00 bits per heavy atom. The number of carbonyl (C=O) groups is 1. The van der Waals surface area contributed by atoms with E-state index in [2.05, 4.69) is 32.0 Å². The van der Waals surface area contributed by atoms with Gasteiger partial charge in [-0.05, 0) is 25.0 Å². The molecule has 0 bridgehead atoms. The lowest BCUT2D eigenvalue weighted by molar-refractivity contribution is -0.118. The Morgan fingerprint density at radius 1 is 1.31 bits per heavy atom. The molecule has 0 aromatic heterocycles. The number of hydrogen-bond acceptors (Lipinski definition) is 1. The highest BCUT2D eigenvalue weighted by Crippen LogP contribution is 2.11. The molecular formula is C12H16O. The van der Waals surface area contributed by atoms with Crippen molar-refractivity contribution in [2.24, 2.45) is 0 Å². The van der Waals surface area contributed by atoms with E-state index in [0.717, 1.165) is 0 Å². The second-order valence-electron chi connectivity index (χ2n) is 3.50. The fourth-order valence-corrected chi connectivity index (χ4v) is 1.33. The molecule has 0 radical (unpaired) electrons.